The molecule has 0 aromatic heterocycles. The van der Waals surface area contributed by atoms with Gasteiger partial charge in [0, 0.05) is 0 Å². The SMILES string of the molecule is O=P(O)(O)OB(O)O.[SrH2]. The van der Waals surface area contributed by atoms with Crippen molar-refractivity contribution in [3.8, 4) is 0 Å². The second kappa shape index (κ2) is 5.26. The van der Waals surface area contributed by atoms with Crippen molar-refractivity contribution < 1.29 is 28.8 Å². The number of phosphoric acid groups is 1. The molecule has 4 N–H and O–H groups in total. The van der Waals surface area contributed by atoms with Crippen molar-refractivity contribution in [2.24, 2.45) is 0 Å². The van der Waals surface area contributed by atoms with E-state index in [4.69, 9.17) is 19.8 Å². The Balaban J connectivity index is 0. The molecule has 0 aliphatic heterocycles. The van der Waals surface area contributed by atoms with Gasteiger partial charge in [-0.15, -0.1) is 0 Å². The Hall–Kier alpha value is 1.58. The maximum atomic E-state index is 9.59. The summed E-state index contributed by atoms with van der Waals surface area (Å²) in [7, 11) is -7.14. The van der Waals surface area contributed by atoms with Crippen molar-refractivity contribution in [2.45, 2.75) is 0 Å². The Kier molecular flexibility index (Phi) is 7.70. The van der Waals surface area contributed by atoms with Gasteiger partial charge in [-0.1, -0.05) is 0 Å². The molecule has 6 nitrogen and oxygen atoms in total. The zero-order valence-electron chi connectivity index (χ0n) is 3.63. The summed E-state index contributed by atoms with van der Waals surface area (Å²) in [5.41, 5.74) is 0. The molecule has 9 heavy (non-hydrogen) atoms. The van der Waals surface area contributed by atoms with Gasteiger partial charge in [0.25, 0.3) is 0 Å². The van der Waals surface area contributed by atoms with Crippen molar-refractivity contribution in [3.05, 3.63) is 0 Å². The van der Waals surface area contributed by atoms with E-state index in [-0.39, 0.29) is 45.5 Å². The first kappa shape index (κ1) is 13.2. The molecule has 52 valence electrons. The van der Waals surface area contributed by atoms with Gasteiger partial charge in [-0.3, -0.25) is 4.44 Å². The molecule has 0 heterocycles. The summed E-state index contributed by atoms with van der Waals surface area (Å²) in [5.74, 6) is 0. The quantitative estimate of drug-likeness (QED) is 0.301. The summed E-state index contributed by atoms with van der Waals surface area (Å²) in [6, 6.07) is 0. The van der Waals surface area contributed by atoms with Gasteiger partial charge < -0.3 is 19.8 Å². The van der Waals surface area contributed by atoms with Crippen LogP contribution in [-0.4, -0.2) is 72.6 Å². The average Bonchev–Trinajstić information content (AvgIpc) is 1.21. The van der Waals surface area contributed by atoms with Crippen LogP contribution in [0, 0.1) is 0 Å². The molecule has 0 unspecified atom stereocenters. The summed E-state index contributed by atoms with van der Waals surface area (Å²) in [4.78, 5) is 15.5. The zero-order chi connectivity index (χ0) is 6.78. The summed E-state index contributed by atoms with van der Waals surface area (Å²) in [5, 5.41) is 15.5. The van der Waals surface area contributed by atoms with Crippen LogP contribution < -0.4 is 0 Å². The van der Waals surface area contributed by atoms with Gasteiger partial charge in [0.2, 0.25) is 0 Å². The first-order valence-electron chi connectivity index (χ1n) is 1.52. The van der Waals surface area contributed by atoms with E-state index >= 15 is 0 Å². The minimum atomic E-state index is -4.72. The van der Waals surface area contributed by atoms with Crippen molar-refractivity contribution in [3.63, 3.8) is 0 Å². The van der Waals surface area contributed by atoms with E-state index < -0.39 is 15.1 Å². The van der Waals surface area contributed by atoms with Crippen LogP contribution >= 0.6 is 7.82 Å². The molecule has 0 bridgehead atoms. The van der Waals surface area contributed by atoms with Crippen LogP contribution in [0.5, 0.6) is 0 Å². The molecule has 0 atom stereocenters. The van der Waals surface area contributed by atoms with Crippen LogP contribution in [0.25, 0.3) is 0 Å². The third kappa shape index (κ3) is 12.7. The van der Waals surface area contributed by atoms with Crippen molar-refractivity contribution >= 4 is 60.6 Å². The normalized spacial score (nSPS) is 10.2. The molecular formula is H6BO6PSr. The monoisotopic (exact) mass is 232 g/mol. The summed E-state index contributed by atoms with van der Waals surface area (Å²) in [6.07, 6.45) is 0. The molecule has 0 aliphatic carbocycles. The molecule has 0 saturated heterocycles. The third-order valence-corrected chi connectivity index (χ3v) is 0.695. The van der Waals surface area contributed by atoms with E-state index in [0.717, 1.165) is 0 Å². The van der Waals surface area contributed by atoms with E-state index in [1.54, 1.807) is 0 Å². The van der Waals surface area contributed by atoms with E-state index in [1.165, 1.54) is 0 Å². The maximum absolute atomic E-state index is 9.59. The average molecular weight is 231 g/mol. The molecule has 0 spiro atoms. The second-order valence-corrected chi connectivity index (χ2v) is 2.11. The zero-order valence-corrected chi connectivity index (χ0v) is 4.52. The van der Waals surface area contributed by atoms with Gasteiger partial charge in [0.15, 0.2) is 0 Å². The van der Waals surface area contributed by atoms with Crippen LogP contribution in [0.15, 0.2) is 0 Å². The summed E-state index contributed by atoms with van der Waals surface area (Å²) < 4.78 is 12.8. The molecule has 0 aromatic carbocycles. The molecule has 9 heteroatoms. The number of hydrogen-bond acceptors (Lipinski definition) is 4. The van der Waals surface area contributed by atoms with Crippen LogP contribution in [0.1, 0.15) is 0 Å². The standard InChI is InChI=1S/BH4O6P.Sr.2H/c2-1(3)7-8(4,5)6;;;/h2-3H,(H2,4,5,6);;;. The van der Waals surface area contributed by atoms with Gasteiger partial charge in [0.1, 0.15) is 0 Å². The summed E-state index contributed by atoms with van der Waals surface area (Å²) in [6.45, 7) is 0. The topological polar surface area (TPSA) is 107 Å². The first-order chi connectivity index (χ1) is 3.42. The Morgan fingerprint density at radius 1 is 1.33 bits per heavy atom. The van der Waals surface area contributed by atoms with Crippen molar-refractivity contribution in [1.82, 2.24) is 0 Å². The van der Waals surface area contributed by atoms with Crippen LogP contribution in [-0.2, 0) is 9.01 Å². The van der Waals surface area contributed by atoms with Gasteiger partial charge in [0.05, 0.1) is 0 Å². The van der Waals surface area contributed by atoms with E-state index in [2.05, 4.69) is 4.44 Å². The predicted octanol–water partition coefficient (Wildman–Crippen LogP) is -2.85. The fourth-order valence-corrected chi connectivity index (χ4v) is 0.368. The predicted molar refractivity (Wildman–Crippen MR) is 31.9 cm³/mol. The van der Waals surface area contributed by atoms with Crippen molar-refractivity contribution in [2.75, 3.05) is 0 Å². The van der Waals surface area contributed by atoms with Gasteiger partial charge in [-0.2, -0.15) is 0 Å². The van der Waals surface area contributed by atoms with E-state index in [9.17, 15) is 4.57 Å². The van der Waals surface area contributed by atoms with E-state index in [0.29, 0.717) is 0 Å². The molecule has 0 aliphatic rings. The van der Waals surface area contributed by atoms with Crippen molar-refractivity contribution in [1.29, 1.82) is 0 Å². The number of hydrogen-bond donors (Lipinski definition) is 4. The minimum absolute atomic E-state index is 0. The van der Waals surface area contributed by atoms with Crippen LogP contribution in [0.2, 0.25) is 0 Å². The Bertz CT molecular complexity index is 106. The van der Waals surface area contributed by atoms with Crippen LogP contribution in [0.3, 0.4) is 0 Å². The molecule has 0 rings (SSSR count). The van der Waals surface area contributed by atoms with Gasteiger partial charge in [-0.05, 0) is 0 Å². The summed E-state index contributed by atoms with van der Waals surface area (Å²) >= 11 is 0. The molecule has 0 amide bonds. The molecule has 0 fully saturated rings. The molecular weight excluding hydrogens is 225 g/mol. The molecule has 0 aromatic rings. The first-order valence-corrected chi connectivity index (χ1v) is 3.05. The Morgan fingerprint density at radius 2 is 1.67 bits per heavy atom. The Labute approximate surface area is 88.5 Å². The number of rotatable bonds is 2. The van der Waals surface area contributed by atoms with Gasteiger partial charge >= 0.3 is 60.6 Å². The van der Waals surface area contributed by atoms with E-state index in [1.807, 2.05) is 0 Å². The second-order valence-electron chi connectivity index (χ2n) is 0.922. The van der Waals surface area contributed by atoms with Crippen LogP contribution in [0.4, 0.5) is 0 Å². The molecule has 0 radical (unpaired) electrons. The third-order valence-electron chi connectivity index (χ3n) is 0.232. The Morgan fingerprint density at radius 3 is 1.67 bits per heavy atom. The molecule has 0 saturated carbocycles. The van der Waals surface area contributed by atoms with Gasteiger partial charge in [-0.25, -0.2) is 4.57 Å². The fraction of sp³-hybridized carbons (Fsp3) is 0. The fourth-order valence-electron chi connectivity index (χ4n) is 0.123.